The molecule has 158 valence electrons. The van der Waals surface area contributed by atoms with Crippen LogP contribution in [0.4, 0.5) is 5.69 Å². The molecular formula is C24H16N2O4S2. The van der Waals surface area contributed by atoms with E-state index < -0.39 is 15.7 Å². The van der Waals surface area contributed by atoms with Crippen molar-refractivity contribution in [2.24, 2.45) is 0 Å². The van der Waals surface area contributed by atoms with Gasteiger partial charge in [0, 0.05) is 11.3 Å². The summed E-state index contributed by atoms with van der Waals surface area (Å²) in [6.45, 7) is 0. The molecule has 0 saturated heterocycles. The highest BCUT2D eigenvalue weighted by Crippen LogP contribution is 2.30. The molecule has 0 fully saturated rings. The van der Waals surface area contributed by atoms with Crippen LogP contribution in [0.15, 0.2) is 105 Å². The van der Waals surface area contributed by atoms with E-state index in [0.29, 0.717) is 5.69 Å². The second-order valence-corrected chi connectivity index (χ2v) is 9.86. The molecule has 3 aromatic carbocycles. The number of nitrogens with zero attached hydrogens (tertiary/aromatic N) is 1. The lowest BCUT2D eigenvalue weighted by Gasteiger charge is -2.04. The Hall–Kier alpha value is -3.75. The first-order chi connectivity index (χ1) is 15.5. The quantitative estimate of drug-likeness (QED) is 0.367. The van der Waals surface area contributed by atoms with Crippen LogP contribution in [-0.4, -0.2) is 19.3 Å². The van der Waals surface area contributed by atoms with Crippen LogP contribution in [0.25, 0.3) is 20.8 Å². The zero-order valence-electron chi connectivity index (χ0n) is 16.6. The number of fused-ring (bicyclic) bond motifs is 1. The predicted molar refractivity (Wildman–Crippen MR) is 124 cm³/mol. The molecule has 0 saturated carbocycles. The molecule has 0 aliphatic rings. The maximum atomic E-state index is 12.6. The monoisotopic (exact) mass is 460 g/mol. The van der Waals surface area contributed by atoms with Gasteiger partial charge < -0.3 is 9.73 Å². The summed E-state index contributed by atoms with van der Waals surface area (Å²) in [6, 6.07) is 25.8. The molecule has 6 nitrogen and oxygen atoms in total. The van der Waals surface area contributed by atoms with Gasteiger partial charge in [0.05, 0.1) is 15.1 Å². The Kier molecular flexibility index (Phi) is 5.08. The summed E-state index contributed by atoms with van der Waals surface area (Å²) in [7, 11) is -3.82. The molecule has 5 aromatic rings. The van der Waals surface area contributed by atoms with Gasteiger partial charge >= 0.3 is 0 Å². The number of amides is 1. The zero-order chi connectivity index (χ0) is 22.1. The van der Waals surface area contributed by atoms with Crippen molar-refractivity contribution < 1.29 is 17.6 Å². The minimum atomic E-state index is -3.82. The van der Waals surface area contributed by atoms with E-state index >= 15 is 0 Å². The number of rotatable bonds is 5. The number of aromatic nitrogens is 1. The molecule has 0 unspecified atom stereocenters. The van der Waals surface area contributed by atoms with Gasteiger partial charge in [0.15, 0.2) is 5.76 Å². The van der Waals surface area contributed by atoms with Crippen LogP contribution < -0.4 is 5.32 Å². The lowest BCUT2D eigenvalue weighted by molar-refractivity contribution is 0.0991. The number of sulfone groups is 1. The van der Waals surface area contributed by atoms with E-state index in [0.717, 1.165) is 20.8 Å². The smallest absolute Gasteiger partial charge is 0.291 e. The summed E-state index contributed by atoms with van der Waals surface area (Å²) < 4.78 is 31.7. The van der Waals surface area contributed by atoms with E-state index in [2.05, 4.69) is 10.3 Å². The topological polar surface area (TPSA) is 89.3 Å². The van der Waals surface area contributed by atoms with E-state index in [9.17, 15) is 13.2 Å². The van der Waals surface area contributed by atoms with Gasteiger partial charge in [0.2, 0.25) is 14.9 Å². The number of benzene rings is 3. The van der Waals surface area contributed by atoms with Gasteiger partial charge in [0.25, 0.3) is 5.91 Å². The number of carbonyl (C=O) groups is 1. The third-order valence-electron chi connectivity index (χ3n) is 4.81. The van der Waals surface area contributed by atoms with Crippen LogP contribution in [0.2, 0.25) is 0 Å². The maximum Gasteiger partial charge on any atom is 0.291 e. The van der Waals surface area contributed by atoms with Gasteiger partial charge in [-0.15, -0.1) is 11.3 Å². The summed E-state index contributed by atoms with van der Waals surface area (Å²) in [5, 5.41) is 3.34. The second kappa shape index (κ2) is 8.07. The lowest BCUT2D eigenvalue weighted by Crippen LogP contribution is -2.10. The number of hydrogen-bond acceptors (Lipinski definition) is 6. The Labute approximate surface area is 188 Å². The Morgan fingerprint density at radius 3 is 2.31 bits per heavy atom. The summed E-state index contributed by atoms with van der Waals surface area (Å²) in [5.74, 6) is -0.623. The van der Waals surface area contributed by atoms with E-state index in [-0.39, 0.29) is 15.7 Å². The van der Waals surface area contributed by atoms with Gasteiger partial charge in [-0.3, -0.25) is 4.79 Å². The molecule has 0 spiro atoms. The van der Waals surface area contributed by atoms with Crippen LogP contribution in [-0.2, 0) is 9.84 Å². The van der Waals surface area contributed by atoms with Crippen molar-refractivity contribution in [3.63, 3.8) is 0 Å². The fraction of sp³-hybridized carbons (Fsp3) is 0. The molecule has 0 aliphatic heterocycles. The van der Waals surface area contributed by atoms with Crippen LogP contribution in [0, 0.1) is 0 Å². The molecular weight excluding hydrogens is 444 g/mol. The SMILES string of the molecule is O=C(Nc1ccc(-c2nc3ccccc3s2)cc1)c1ccc(S(=O)(=O)c2ccccc2)o1. The van der Waals surface area contributed by atoms with Crippen molar-refractivity contribution in [2.45, 2.75) is 9.99 Å². The van der Waals surface area contributed by atoms with Gasteiger partial charge in [-0.1, -0.05) is 30.3 Å². The van der Waals surface area contributed by atoms with Crippen LogP contribution >= 0.6 is 11.3 Å². The number of hydrogen-bond donors (Lipinski definition) is 1. The highest BCUT2D eigenvalue weighted by atomic mass is 32.2. The first-order valence-electron chi connectivity index (χ1n) is 9.68. The van der Waals surface area contributed by atoms with Gasteiger partial charge in [0.1, 0.15) is 5.01 Å². The van der Waals surface area contributed by atoms with E-state index in [1.54, 1.807) is 41.7 Å². The van der Waals surface area contributed by atoms with Gasteiger partial charge in [-0.05, 0) is 60.7 Å². The van der Waals surface area contributed by atoms with Gasteiger partial charge in [-0.25, -0.2) is 13.4 Å². The number of anilines is 1. The highest BCUT2D eigenvalue weighted by Gasteiger charge is 2.23. The molecule has 1 amide bonds. The highest BCUT2D eigenvalue weighted by molar-refractivity contribution is 7.91. The number of carbonyl (C=O) groups excluding carboxylic acids is 1. The molecule has 2 aromatic heterocycles. The molecule has 0 bridgehead atoms. The van der Waals surface area contributed by atoms with Crippen molar-refractivity contribution >= 4 is 43.0 Å². The van der Waals surface area contributed by atoms with Crippen LogP contribution in [0.1, 0.15) is 10.6 Å². The fourth-order valence-electron chi connectivity index (χ4n) is 3.19. The summed E-state index contributed by atoms with van der Waals surface area (Å²) >= 11 is 1.60. The van der Waals surface area contributed by atoms with E-state index in [1.807, 2.05) is 36.4 Å². The molecule has 0 atom stereocenters. The van der Waals surface area contributed by atoms with Crippen molar-refractivity contribution in [3.8, 4) is 10.6 Å². The minimum absolute atomic E-state index is 0.0882. The summed E-state index contributed by atoms with van der Waals surface area (Å²) in [6.07, 6.45) is 0. The van der Waals surface area contributed by atoms with Crippen molar-refractivity contribution in [1.29, 1.82) is 0 Å². The van der Waals surface area contributed by atoms with E-state index in [1.165, 1.54) is 24.3 Å². The number of nitrogens with one attached hydrogen (secondary N) is 1. The first-order valence-corrected chi connectivity index (χ1v) is 12.0. The standard InChI is InChI=1S/C24H16N2O4S2/c27-23(20-14-15-22(30-20)32(28,29)18-6-2-1-3-7-18)25-17-12-10-16(11-13-17)24-26-19-8-4-5-9-21(19)31-24/h1-15H,(H,25,27). The lowest BCUT2D eigenvalue weighted by atomic mass is 10.2. The van der Waals surface area contributed by atoms with Crippen LogP contribution in [0.3, 0.4) is 0 Å². The number of thiazole rings is 1. The van der Waals surface area contributed by atoms with Crippen LogP contribution in [0.5, 0.6) is 0 Å². The Balaban J connectivity index is 1.32. The minimum Gasteiger partial charge on any atom is -0.439 e. The second-order valence-electron chi connectivity index (χ2n) is 6.95. The van der Waals surface area contributed by atoms with Crippen molar-refractivity contribution in [3.05, 3.63) is 96.8 Å². The van der Waals surface area contributed by atoms with Gasteiger partial charge in [-0.2, -0.15) is 0 Å². The Bertz CT molecular complexity index is 1490. The molecule has 5 rings (SSSR count). The summed E-state index contributed by atoms with van der Waals surface area (Å²) in [4.78, 5) is 17.3. The fourth-order valence-corrected chi connectivity index (χ4v) is 5.35. The van der Waals surface area contributed by atoms with Crippen molar-refractivity contribution in [2.75, 3.05) is 5.32 Å². The van der Waals surface area contributed by atoms with E-state index in [4.69, 9.17) is 4.42 Å². The maximum absolute atomic E-state index is 12.6. The number of furan rings is 1. The Morgan fingerprint density at radius 2 is 1.56 bits per heavy atom. The molecule has 0 aliphatic carbocycles. The molecule has 0 radical (unpaired) electrons. The summed E-state index contributed by atoms with van der Waals surface area (Å²) in [5.41, 5.74) is 2.45. The molecule has 1 N–H and O–H groups in total. The number of para-hydroxylation sites is 1. The zero-order valence-corrected chi connectivity index (χ0v) is 18.2. The average molecular weight is 461 g/mol. The largest absolute Gasteiger partial charge is 0.439 e. The normalized spacial score (nSPS) is 11.5. The Morgan fingerprint density at radius 1 is 0.844 bits per heavy atom. The van der Waals surface area contributed by atoms with Crippen molar-refractivity contribution in [1.82, 2.24) is 4.98 Å². The molecule has 8 heteroatoms. The predicted octanol–water partition coefficient (Wildman–Crippen LogP) is 5.64. The third-order valence-corrected chi connectivity index (χ3v) is 7.53. The molecule has 32 heavy (non-hydrogen) atoms. The molecule has 2 heterocycles. The first kappa shape index (κ1) is 20.2. The third kappa shape index (κ3) is 3.81. The average Bonchev–Trinajstić information content (AvgIpc) is 3.48.